The molecule has 0 fully saturated rings. The lowest BCUT2D eigenvalue weighted by Gasteiger charge is -2.15. The Morgan fingerprint density at radius 2 is 1.65 bits per heavy atom. The monoisotopic (exact) mass is 499 g/mol. The van der Waals surface area contributed by atoms with Crippen LogP contribution in [0.2, 0.25) is 10.0 Å². The fraction of sp³-hybridized carbons (Fsp3) is 0.0500. The van der Waals surface area contributed by atoms with E-state index in [4.69, 9.17) is 40.2 Å². The summed E-state index contributed by atoms with van der Waals surface area (Å²) in [5.41, 5.74) is 1.18. The molecule has 0 saturated carbocycles. The zero-order valence-corrected chi connectivity index (χ0v) is 19.1. The van der Waals surface area contributed by atoms with Crippen molar-refractivity contribution in [3.05, 3.63) is 76.5 Å². The molecule has 0 spiro atoms. The summed E-state index contributed by atoms with van der Waals surface area (Å²) in [6.07, 6.45) is 0. The average molecular weight is 500 g/mol. The topological polar surface area (TPSA) is 79.5 Å². The Morgan fingerprint density at radius 1 is 0.968 bits per heavy atom. The van der Waals surface area contributed by atoms with Gasteiger partial charge in [-0.2, -0.15) is 0 Å². The molecule has 0 unspecified atom stereocenters. The van der Waals surface area contributed by atoms with Crippen LogP contribution in [-0.2, 0) is 10.0 Å². The summed E-state index contributed by atoms with van der Waals surface area (Å²) in [6, 6.07) is 14.7. The van der Waals surface area contributed by atoms with Gasteiger partial charge < -0.3 is 15.4 Å². The molecule has 0 amide bonds. The first-order valence-corrected chi connectivity index (χ1v) is 11.3. The lowest BCUT2D eigenvalue weighted by molar-refractivity contribution is 0.415. The molecule has 31 heavy (non-hydrogen) atoms. The molecule has 0 aliphatic heterocycles. The van der Waals surface area contributed by atoms with E-state index in [0.717, 1.165) is 0 Å². The molecule has 0 heterocycles. The average Bonchev–Trinajstić information content (AvgIpc) is 2.72. The van der Waals surface area contributed by atoms with Crippen LogP contribution < -0.4 is 20.1 Å². The molecule has 3 N–H and O–H groups in total. The summed E-state index contributed by atoms with van der Waals surface area (Å²) in [6.45, 7) is 0. The number of thiocarbonyl (C=S) groups is 1. The summed E-state index contributed by atoms with van der Waals surface area (Å²) in [5, 5.41) is 6.34. The second-order valence-corrected chi connectivity index (χ2v) is 9.12. The van der Waals surface area contributed by atoms with Crippen LogP contribution in [0.4, 0.5) is 21.5 Å². The van der Waals surface area contributed by atoms with Gasteiger partial charge in [0.05, 0.1) is 22.7 Å². The number of sulfonamides is 1. The zero-order valence-electron chi connectivity index (χ0n) is 15.9. The van der Waals surface area contributed by atoms with Gasteiger partial charge in [0.25, 0.3) is 10.0 Å². The third-order valence-electron chi connectivity index (χ3n) is 4.01. The number of ether oxygens (including phenoxy) is 1. The quantitative estimate of drug-likeness (QED) is 0.374. The molecular formula is C20H16Cl2FN3O3S2. The van der Waals surface area contributed by atoms with Crippen LogP contribution in [0.1, 0.15) is 0 Å². The lowest BCUT2D eigenvalue weighted by Crippen LogP contribution is -2.20. The van der Waals surface area contributed by atoms with Crippen LogP contribution in [0.15, 0.2) is 65.6 Å². The van der Waals surface area contributed by atoms with E-state index >= 15 is 0 Å². The highest BCUT2D eigenvalue weighted by Crippen LogP contribution is 2.29. The van der Waals surface area contributed by atoms with Crippen LogP contribution in [-0.4, -0.2) is 20.6 Å². The van der Waals surface area contributed by atoms with E-state index in [2.05, 4.69) is 15.4 Å². The molecule has 3 aromatic rings. The first-order valence-electron chi connectivity index (χ1n) is 8.67. The van der Waals surface area contributed by atoms with Crippen molar-refractivity contribution in [2.45, 2.75) is 4.90 Å². The van der Waals surface area contributed by atoms with Gasteiger partial charge in [0, 0.05) is 22.5 Å². The van der Waals surface area contributed by atoms with Crippen molar-refractivity contribution in [1.82, 2.24) is 0 Å². The Bertz CT molecular complexity index is 1220. The summed E-state index contributed by atoms with van der Waals surface area (Å²) in [7, 11) is -2.47. The molecule has 162 valence electrons. The summed E-state index contributed by atoms with van der Waals surface area (Å²) < 4.78 is 46.7. The molecule has 6 nitrogen and oxygen atoms in total. The van der Waals surface area contributed by atoms with Crippen LogP contribution >= 0.6 is 35.4 Å². The lowest BCUT2D eigenvalue weighted by atomic mass is 10.3. The molecule has 0 atom stereocenters. The summed E-state index contributed by atoms with van der Waals surface area (Å²) >= 11 is 16.7. The summed E-state index contributed by atoms with van der Waals surface area (Å²) in [4.78, 5) is -0.0106. The number of methoxy groups -OCH3 is 1. The highest BCUT2D eigenvalue weighted by Gasteiger charge is 2.17. The number of hydrogen-bond acceptors (Lipinski definition) is 4. The van der Waals surface area contributed by atoms with Crippen molar-refractivity contribution in [2.75, 3.05) is 22.5 Å². The largest absolute Gasteiger partial charge is 0.495 e. The molecule has 3 rings (SSSR count). The van der Waals surface area contributed by atoms with Gasteiger partial charge in [0.15, 0.2) is 5.11 Å². The third kappa shape index (κ3) is 5.98. The molecule has 3 aromatic carbocycles. The van der Waals surface area contributed by atoms with Crippen LogP contribution in [0.25, 0.3) is 0 Å². The Labute approximate surface area is 194 Å². The standard InChI is InChI=1S/C20H16Cl2FN3O3S2/c1-29-19-11-15(31(27,28)26-13-4-2-12(21)3-5-13)7-9-18(19)25-20(30)24-14-6-8-16(22)17(23)10-14/h2-11,26H,1H3,(H2,24,25,30). The van der Waals surface area contributed by atoms with Crippen LogP contribution in [0, 0.1) is 5.82 Å². The fourth-order valence-corrected chi connectivity index (χ4v) is 4.08. The molecule has 0 bridgehead atoms. The number of rotatable bonds is 6. The molecule has 0 saturated heterocycles. The van der Waals surface area contributed by atoms with Gasteiger partial charge in [0.2, 0.25) is 0 Å². The van der Waals surface area contributed by atoms with Crippen molar-refractivity contribution < 1.29 is 17.5 Å². The van der Waals surface area contributed by atoms with Gasteiger partial charge in [-0.1, -0.05) is 23.2 Å². The van der Waals surface area contributed by atoms with E-state index in [0.29, 0.717) is 22.1 Å². The van der Waals surface area contributed by atoms with Gasteiger partial charge in [0.1, 0.15) is 11.6 Å². The van der Waals surface area contributed by atoms with Gasteiger partial charge in [-0.05, 0) is 66.8 Å². The van der Waals surface area contributed by atoms with E-state index in [1.807, 2.05) is 0 Å². The summed E-state index contributed by atoms with van der Waals surface area (Å²) in [5.74, 6) is -0.347. The maximum absolute atomic E-state index is 13.6. The third-order valence-corrected chi connectivity index (χ3v) is 6.15. The molecule has 11 heteroatoms. The van der Waals surface area contributed by atoms with Crippen molar-refractivity contribution >= 4 is 67.6 Å². The van der Waals surface area contributed by atoms with Gasteiger partial charge in [-0.15, -0.1) is 0 Å². The minimum absolute atomic E-state index is 0.00453. The Kier molecular flexibility index (Phi) is 7.22. The van der Waals surface area contributed by atoms with E-state index in [1.54, 1.807) is 30.3 Å². The highest BCUT2D eigenvalue weighted by atomic mass is 35.5. The second kappa shape index (κ2) is 9.69. The van der Waals surface area contributed by atoms with Gasteiger partial charge in [-0.3, -0.25) is 4.72 Å². The first kappa shape index (κ1) is 23.1. The van der Waals surface area contributed by atoms with E-state index in [9.17, 15) is 12.8 Å². The number of halogens is 3. The van der Waals surface area contributed by atoms with E-state index in [1.165, 1.54) is 37.4 Å². The number of nitrogens with one attached hydrogen (secondary N) is 3. The Hall–Kier alpha value is -2.59. The predicted molar refractivity (Wildman–Crippen MR) is 127 cm³/mol. The van der Waals surface area contributed by atoms with Crippen molar-refractivity contribution in [3.8, 4) is 5.75 Å². The fourth-order valence-electron chi connectivity index (χ4n) is 2.53. The minimum Gasteiger partial charge on any atom is -0.495 e. The predicted octanol–water partition coefficient (Wildman–Crippen LogP) is 5.75. The Balaban J connectivity index is 1.76. The smallest absolute Gasteiger partial charge is 0.262 e. The zero-order chi connectivity index (χ0) is 22.6. The Morgan fingerprint density at radius 3 is 2.29 bits per heavy atom. The van der Waals surface area contributed by atoms with Crippen molar-refractivity contribution in [2.24, 2.45) is 0 Å². The molecule has 0 aliphatic rings. The van der Waals surface area contributed by atoms with Crippen molar-refractivity contribution in [1.29, 1.82) is 0 Å². The molecule has 0 radical (unpaired) electrons. The highest BCUT2D eigenvalue weighted by molar-refractivity contribution is 7.92. The number of anilines is 3. The van der Waals surface area contributed by atoms with E-state index < -0.39 is 15.8 Å². The molecule has 0 aromatic heterocycles. The first-order chi connectivity index (χ1) is 14.7. The van der Waals surface area contributed by atoms with Gasteiger partial charge in [-0.25, -0.2) is 12.8 Å². The maximum atomic E-state index is 13.6. The number of hydrogen-bond donors (Lipinski definition) is 3. The maximum Gasteiger partial charge on any atom is 0.262 e. The number of benzene rings is 3. The van der Waals surface area contributed by atoms with Crippen LogP contribution in [0.5, 0.6) is 5.75 Å². The van der Waals surface area contributed by atoms with Crippen LogP contribution in [0.3, 0.4) is 0 Å². The normalized spacial score (nSPS) is 11.0. The molecular weight excluding hydrogens is 484 g/mol. The van der Waals surface area contributed by atoms with Crippen molar-refractivity contribution in [3.63, 3.8) is 0 Å². The van der Waals surface area contributed by atoms with Gasteiger partial charge >= 0.3 is 0 Å². The molecule has 0 aliphatic carbocycles. The second-order valence-electron chi connectivity index (χ2n) is 6.18. The van der Waals surface area contributed by atoms with E-state index in [-0.39, 0.29) is 20.8 Å². The minimum atomic E-state index is -3.86. The SMILES string of the molecule is COc1cc(S(=O)(=O)Nc2ccc(Cl)cc2)ccc1NC(=S)Nc1ccc(Cl)c(F)c1.